The van der Waals surface area contributed by atoms with E-state index in [2.05, 4.69) is 5.32 Å². The number of piperidine rings is 1. The Bertz CT molecular complexity index is 563. The van der Waals surface area contributed by atoms with Gasteiger partial charge < -0.3 is 5.32 Å². The maximum Gasteiger partial charge on any atom is 0.243 e. The fourth-order valence-corrected chi connectivity index (χ4v) is 4.51. The van der Waals surface area contributed by atoms with Crippen LogP contribution in [0.2, 0.25) is 0 Å². The molecule has 0 bridgehead atoms. The fraction of sp³-hybridized carbons (Fsp3) is 0.600. The van der Waals surface area contributed by atoms with Crippen LogP contribution < -0.4 is 5.32 Å². The number of hydrogen-bond donors (Lipinski definition) is 1. The van der Waals surface area contributed by atoms with Gasteiger partial charge in [0.05, 0.1) is 4.90 Å². The second-order valence-corrected chi connectivity index (χ2v) is 7.33. The summed E-state index contributed by atoms with van der Waals surface area (Å²) in [4.78, 5) is 0.418. The lowest BCUT2D eigenvalue weighted by Gasteiger charge is -2.33. The molecule has 2 rings (SSSR count). The second kappa shape index (κ2) is 6.24. The van der Waals surface area contributed by atoms with Crippen molar-refractivity contribution in [2.24, 2.45) is 0 Å². The number of nitrogens with one attached hydrogen (secondary N) is 1. The summed E-state index contributed by atoms with van der Waals surface area (Å²) in [5.74, 6) is 0. The maximum absolute atomic E-state index is 12.8. The first kappa shape index (κ1) is 15.5. The Morgan fingerprint density at radius 1 is 1.20 bits per heavy atom. The Morgan fingerprint density at radius 3 is 2.40 bits per heavy atom. The van der Waals surface area contributed by atoms with Crippen molar-refractivity contribution in [1.29, 1.82) is 0 Å². The van der Waals surface area contributed by atoms with Gasteiger partial charge in [0.25, 0.3) is 0 Å². The average Bonchev–Trinajstić information content (AvgIpc) is 2.43. The van der Waals surface area contributed by atoms with Gasteiger partial charge in [-0.2, -0.15) is 4.31 Å². The van der Waals surface area contributed by atoms with Crippen LogP contribution >= 0.6 is 0 Å². The van der Waals surface area contributed by atoms with Gasteiger partial charge in [-0.25, -0.2) is 8.42 Å². The highest BCUT2D eigenvalue weighted by atomic mass is 32.2. The highest BCUT2D eigenvalue weighted by molar-refractivity contribution is 7.89. The van der Waals surface area contributed by atoms with Crippen molar-refractivity contribution in [2.45, 2.75) is 44.6 Å². The van der Waals surface area contributed by atoms with Crippen molar-refractivity contribution < 1.29 is 8.42 Å². The molecule has 0 saturated carbocycles. The van der Waals surface area contributed by atoms with E-state index in [1.165, 1.54) is 0 Å². The Morgan fingerprint density at radius 2 is 1.85 bits per heavy atom. The molecule has 0 radical (unpaired) electrons. The molecule has 20 heavy (non-hydrogen) atoms. The third-order valence-electron chi connectivity index (χ3n) is 4.11. The van der Waals surface area contributed by atoms with Gasteiger partial charge in [0.15, 0.2) is 0 Å². The molecule has 1 aliphatic rings. The molecule has 1 aliphatic heterocycles. The maximum atomic E-state index is 12.8. The normalized spacial score (nSPS) is 17.6. The van der Waals surface area contributed by atoms with Crippen molar-refractivity contribution in [3.63, 3.8) is 0 Å². The molecule has 5 heteroatoms. The minimum Gasteiger partial charge on any atom is -0.317 e. The molecule has 4 nitrogen and oxygen atoms in total. The summed E-state index contributed by atoms with van der Waals surface area (Å²) < 4.78 is 27.3. The van der Waals surface area contributed by atoms with Crippen LogP contribution in [0, 0.1) is 13.8 Å². The molecule has 0 atom stereocenters. The first-order chi connectivity index (χ1) is 9.46. The fourth-order valence-electron chi connectivity index (χ4n) is 2.73. The van der Waals surface area contributed by atoms with E-state index < -0.39 is 10.0 Å². The summed E-state index contributed by atoms with van der Waals surface area (Å²) in [7, 11) is -3.38. The van der Waals surface area contributed by atoms with Crippen molar-refractivity contribution in [3.8, 4) is 0 Å². The molecule has 0 spiro atoms. The van der Waals surface area contributed by atoms with Crippen molar-refractivity contribution in [3.05, 3.63) is 29.3 Å². The molecule has 112 valence electrons. The predicted molar refractivity (Wildman–Crippen MR) is 81.4 cm³/mol. The largest absolute Gasteiger partial charge is 0.317 e. The van der Waals surface area contributed by atoms with Gasteiger partial charge in [-0.15, -0.1) is 0 Å². The molecule has 1 saturated heterocycles. The van der Waals surface area contributed by atoms with Gasteiger partial charge in [0, 0.05) is 12.6 Å². The monoisotopic (exact) mass is 296 g/mol. The van der Waals surface area contributed by atoms with Crippen molar-refractivity contribution >= 4 is 10.0 Å². The molecule has 1 fully saturated rings. The van der Waals surface area contributed by atoms with Gasteiger partial charge in [-0.1, -0.05) is 13.0 Å². The van der Waals surface area contributed by atoms with Crippen LogP contribution in [0.15, 0.2) is 23.1 Å². The lowest BCUT2D eigenvalue weighted by Crippen LogP contribution is -2.45. The zero-order chi connectivity index (χ0) is 14.8. The molecule has 0 aliphatic carbocycles. The Kier molecular flexibility index (Phi) is 4.83. The van der Waals surface area contributed by atoms with E-state index >= 15 is 0 Å². The Hall–Kier alpha value is -0.910. The number of benzene rings is 1. The van der Waals surface area contributed by atoms with E-state index in [0.29, 0.717) is 11.4 Å². The summed E-state index contributed by atoms with van der Waals surface area (Å²) in [6.45, 7) is 8.18. The number of sulfonamides is 1. The first-order valence-corrected chi connectivity index (χ1v) is 8.70. The SMILES string of the molecule is CCN(C1CCNCC1)S(=O)(=O)c1ccc(C)c(C)c1. The van der Waals surface area contributed by atoms with E-state index in [0.717, 1.165) is 37.1 Å². The molecule has 0 amide bonds. The van der Waals surface area contributed by atoms with E-state index in [1.54, 1.807) is 16.4 Å². The van der Waals surface area contributed by atoms with Crippen molar-refractivity contribution in [2.75, 3.05) is 19.6 Å². The second-order valence-electron chi connectivity index (χ2n) is 5.44. The van der Waals surface area contributed by atoms with Gasteiger partial charge >= 0.3 is 0 Å². The van der Waals surface area contributed by atoms with E-state index in [9.17, 15) is 8.42 Å². The molecule has 1 N–H and O–H groups in total. The number of aryl methyl sites for hydroxylation is 2. The summed E-state index contributed by atoms with van der Waals surface area (Å²) in [5, 5.41) is 3.28. The molecular formula is C15H24N2O2S. The van der Waals surface area contributed by atoms with Gasteiger partial charge in [0.2, 0.25) is 10.0 Å². The van der Waals surface area contributed by atoms with E-state index in [1.807, 2.05) is 26.8 Å². The van der Waals surface area contributed by atoms with Crippen LogP contribution in [0.25, 0.3) is 0 Å². The Labute approximate surface area is 122 Å². The van der Waals surface area contributed by atoms with Gasteiger partial charge in [-0.3, -0.25) is 0 Å². The standard InChI is InChI=1S/C15H24N2O2S/c1-4-17(14-7-9-16-10-8-14)20(18,19)15-6-5-12(2)13(3)11-15/h5-6,11,14,16H,4,7-10H2,1-3H3. The van der Waals surface area contributed by atoms with Crippen LogP contribution in [0.1, 0.15) is 30.9 Å². The van der Waals surface area contributed by atoms with Crippen LogP contribution in [0.5, 0.6) is 0 Å². The zero-order valence-corrected chi connectivity index (χ0v) is 13.3. The smallest absolute Gasteiger partial charge is 0.243 e. The number of rotatable bonds is 4. The number of hydrogen-bond acceptors (Lipinski definition) is 3. The highest BCUT2D eigenvalue weighted by Gasteiger charge is 2.31. The topological polar surface area (TPSA) is 49.4 Å². The molecular weight excluding hydrogens is 272 g/mol. The average molecular weight is 296 g/mol. The van der Waals surface area contributed by atoms with E-state index in [-0.39, 0.29) is 6.04 Å². The van der Waals surface area contributed by atoms with Gasteiger partial charge in [-0.05, 0) is 63.0 Å². The van der Waals surface area contributed by atoms with Crippen LogP contribution in [-0.2, 0) is 10.0 Å². The molecule has 0 aromatic heterocycles. The van der Waals surface area contributed by atoms with Gasteiger partial charge in [0.1, 0.15) is 0 Å². The molecule has 0 unspecified atom stereocenters. The summed E-state index contributed by atoms with van der Waals surface area (Å²) >= 11 is 0. The van der Waals surface area contributed by atoms with Crippen LogP contribution in [0.4, 0.5) is 0 Å². The first-order valence-electron chi connectivity index (χ1n) is 7.26. The highest BCUT2D eigenvalue weighted by Crippen LogP contribution is 2.23. The van der Waals surface area contributed by atoms with Crippen LogP contribution in [-0.4, -0.2) is 38.4 Å². The van der Waals surface area contributed by atoms with E-state index in [4.69, 9.17) is 0 Å². The molecule has 1 aromatic rings. The quantitative estimate of drug-likeness (QED) is 0.925. The summed E-state index contributed by atoms with van der Waals surface area (Å²) in [6, 6.07) is 5.52. The predicted octanol–water partition coefficient (Wildman–Crippen LogP) is 2.07. The third-order valence-corrected chi connectivity index (χ3v) is 6.14. The summed E-state index contributed by atoms with van der Waals surface area (Å²) in [6.07, 6.45) is 1.77. The third kappa shape index (κ3) is 3.05. The summed E-state index contributed by atoms with van der Waals surface area (Å²) in [5.41, 5.74) is 2.14. The van der Waals surface area contributed by atoms with Crippen LogP contribution in [0.3, 0.4) is 0 Å². The minimum atomic E-state index is -3.38. The number of nitrogens with zero attached hydrogens (tertiary/aromatic N) is 1. The Balaban J connectivity index is 2.32. The molecule has 1 heterocycles. The lowest BCUT2D eigenvalue weighted by molar-refractivity contribution is 0.271. The molecule has 1 aromatic carbocycles. The van der Waals surface area contributed by atoms with Crippen molar-refractivity contribution in [1.82, 2.24) is 9.62 Å². The lowest BCUT2D eigenvalue weighted by atomic mass is 10.1. The minimum absolute atomic E-state index is 0.118. The zero-order valence-electron chi connectivity index (χ0n) is 12.5.